The molecule has 1 aromatic heterocycles. The molecule has 1 fully saturated rings. The lowest BCUT2D eigenvalue weighted by Crippen LogP contribution is -2.45. The number of urea groups is 1. The Morgan fingerprint density at radius 2 is 1.96 bits per heavy atom. The molecule has 126 valence electrons. The highest BCUT2D eigenvalue weighted by atomic mass is 32.2. The molecule has 1 aliphatic carbocycles. The van der Waals surface area contributed by atoms with Crippen LogP contribution < -0.4 is 10.6 Å². The lowest BCUT2D eigenvalue weighted by atomic mass is 10.2. The maximum absolute atomic E-state index is 12.3. The summed E-state index contributed by atoms with van der Waals surface area (Å²) < 4.78 is 0. The number of pyridine rings is 1. The summed E-state index contributed by atoms with van der Waals surface area (Å²) in [5, 5.41) is 5.96. The van der Waals surface area contributed by atoms with Crippen molar-refractivity contribution in [2.45, 2.75) is 48.8 Å². The summed E-state index contributed by atoms with van der Waals surface area (Å²) >= 11 is 1.41. The van der Waals surface area contributed by atoms with Gasteiger partial charge in [0.05, 0.1) is 10.8 Å². The number of thioether (sulfide) groups is 1. The van der Waals surface area contributed by atoms with Crippen molar-refractivity contribution < 1.29 is 9.59 Å². The predicted octanol–water partition coefficient (Wildman–Crippen LogP) is 3.48. The van der Waals surface area contributed by atoms with Gasteiger partial charge >= 0.3 is 6.03 Å². The summed E-state index contributed by atoms with van der Waals surface area (Å²) in [4.78, 5) is 29.5. The van der Waals surface area contributed by atoms with Gasteiger partial charge in [-0.25, -0.2) is 4.79 Å². The number of fused-ring (bicyclic) bond motifs is 1. The molecule has 5 nitrogen and oxygen atoms in total. The molecule has 1 aromatic carbocycles. The van der Waals surface area contributed by atoms with Gasteiger partial charge in [0.25, 0.3) is 0 Å². The highest BCUT2D eigenvalue weighted by Gasteiger charge is 2.21. The van der Waals surface area contributed by atoms with Crippen LogP contribution in [0.1, 0.15) is 32.6 Å². The Bertz CT molecular complexity index is 739. The summed E-state index contributed by atoms with van der Waals surface area (Å²) in [5.41, 5.74) is 0.875. The molecule has 1 heterocycles. The van der Waals surface area contributed by atoms with Crippen LogP contribution in [0.4, 0.5) is 4.79 Å². The van der Waals surface area contributed by atoms with Gasteiger partial charge in [-0.3, -0.25) is 15.1 Å². The van der Waals surface area contributed by atoms with Gasteiger partial charge in [0.1, 0.15) is 0 Å². The van der Waals surface area contributed by atoms with Crippen molar-refractivity contribution in [1.29, 1.82) is 0 Å². The number of imide groups is 1. The van der Waals surface area contributed by atoms with E-state index in [0.717, 1.165) is 41.5 Å². The Balaban J connectivity index is 1.60. The minimum absolute atomic E-state index is 0.197. The third-order valence-electron chi connectivity index (χ3n) is 4.20. The maximum atomic E-state index is 12.3. The van der Waals surface area contributed by atoms with Gasteiger partial charge in [-0.05, 0) is 31.9 Å². The van der Waals surface area contributed by atoms with Crippen molar-refractivity contribution in [3.8, 4) is 0 Å². The lowest BCUT2D eigenvalue weighted by Gasteiger charge is -2.15. The summed E-state index contributed by atoms with van der Waals surface area (Å²) in [6, 6.07) is 9.57. The fourth-order valence-corrected chi connectivity index (χ4v) is 3.91. The monoisotopic (exact) mass is 343 g/mol. The number of carbonyl (C=O) groups excluding carboxylic acids is 2. The first kappa shape index (κ1) is 16.8. The van der Waals surface area contributed by atoms with Crippen LogP contribution in [0.3, 0.4) is 0 Å². The van der Waals surface area contributed by atoms with Crippen molar-refractivity contribution in [2.75, 3.05) is 0 Å². The van der Waals surface area contributed by atoms with Gasteiger partial charge in [-0.2, -0.15) is 0 Å². The number of aromatic nitrogens is 1. The molecule has 0 radical (unpaired) electrons. The zero-order valence-corrected chi connectivity index (χ0v) is 14.4. The van der Waals surface area contributed by atoms with Gasteiger partial charge in [0.2, 0.25) is 5.91 Å². The molecule has 3 amide bonds. The molecule has 2 N–H and O–H groups in total. The molecule has 1 unspecified atom stereocenters. The van der Waals surface area contributed by atoms with Crippen LogP contribution >= 0.6 is 11.8 Å². The van der Waals surface area contributed by atoms with Crippen molar-refractivity contribution >= 4 is 34.6 Å². The van der Waals surface area contributed by atoms with E-state index in [0.29, 0.717) is 0 Å². The number of para-hydroxylation sites is 1. The topological polar surface area (TPSA) is 71.1 Å². The molecule has 1 saturated carbocycles. The number of hydrogen-bond acceptors (Lipinski definition) is 4. The minimum Gasteiger partial charge on any atom is -0.335 e. The fraction of sp³-hybridized carbons (Fsp3) is 0.389. The molecule has 0 aliphatic heterocycles. The number of nitrogens with zero attached hydrogens (tertiary/aromatic N) is 1. The minimum atomic E-state index is -0.393. The van der Waals surface area contributed by atoms with E-state index in [-0.39, 0.29) is 17.2 Å². The Hall–Kier alpha value is -2.08. The molecular formula is C18H21N3O2S. The van der Waals surface area contributed by atoms with E-state index in [4.69, 9.17) is 0 Å². The quantitative estimate of drug-likeness (QED) is 0.834. The first-order chi connectivity index (χ1) is 11.6. The smallest absolute Gasteiger partial charge is 0.321 e. The molecule has 24 heavy (non-hydrogen) atoms. The Labute approximate surface area is 145 Å². The van der Waals surface area contributed by atoms with Crippen LogP contribution in [0.15, 0.2) is 41.4 Å². The number of hydrogen-bond donors (Lipinski definition) is 2. The zero-order chi connectivity index (χ0) is 16.9. The fourth-order valence-electron chi connectivity index (χ4n) is 2.92. The lowest BCUT2D eigenvalue weighted by molar-refractivity contribution is -0.119. The Morgan fingerprint density at radius 3 is 2.75 bits per heavy atom. The average molecular weight is 343 g/mol. The summed E-state index contributed by atoms with van der Waals surface area (Å²) in [5.74, 6) is -0.288. The van der Waals surface area contributed by atoms with Crippen LogP contribution in [0.5, 0.6) is 0 Å². The van der Waals surface area contributed by atoms with Gasteiger partial charge in [0, 0.05) is 22.5 Å². The second-order valence-electron chi connectivity index (χ2n) is 6.04. The number of nitrogens with one attached hydrogen (secondary N) is 2. The van der Waals surface area contributed by atoms with E-state index < -0.39 is 6.03 Å². The first-order valence-electron chi connectivity index (χ1n) is 8.25. The number of benzene rings is 1. The van der Waals surface area contributed by atoms with Crippen molar-refractivity contribution in [3.05, 3.63) is 36.5 Å². The molecule has 2 aromatic rings. The maximum Gasteiger partial charge on any atom is 0.321 e. The molecule has 0 spiro atoms. The molecule has 3 rings (SSSR count). The van der Waals surface area contributed by atoms with Gasteiger partial charge in [-0.15, -0.1) is 11.8 Å². The van der Waals surface area contributed by atoms with E-state index in [1.165, 1.54) is 11.8 Å². The van der Waals surface area contributed by atoms with E-state index >= 15 is 0 Å². The number of rotatable bonds is 4. The first-order valence-corrected chi connectivity index (χ1v) is 9.13. The highest BCUT2D eigenvalue weighted by Crippen LogP contribution is 2.29. The zero-order valence-electron chi connectivity index (χ0n) is 13.6. The average Bonchev–Trinajstić information content (AvgIpc) is 3.08. The Kier molecular flexibility index (Phi) is 5.35. The molecule has 1 aliphatic rings. The van der Waals surface area contributed by atoms with Crippen LogP contribution in [-0.4, -0.2) is 28.2 Å². The molecule has 0 bridgehead atoms. The van der Waals surface area contributed by atoms with E-state index in [2.05, 4.69) is 15.6 Å². The molecule has 0 saturated heterocycles. The van der Waals surface area contributed by atoms with Crippen molar-refractivity contribution in [3.63, 3.8) is 0 Å². The third-order valence-corrected chi connectivity index (χ3v) is 5.35. The summed E-state index contributed by atoms with van der Waals surface area (Å²) in [6.07, 6.45) is 6.01. The third kappa shape index (κ3) is 4.06. The van der Waals surface area contributed by atoms with E-state index in [9.17, 15) is 9.59 Å². The molecule has 6 heteroatoms. The van der Waals surface area contributed by atoms with Gasteiger partial charge < -0.3 is 5.32 Å². The Morgan fingerprint density at radius 1 is 1.21 bits per heavy atom. The SMILES string of the molecule is CC(Sc1cccc2cccnc12)C(=O)NC(=O)NC1CCCC1. The molecular weight excluding hydrogens is 322 g/mol. The number of amides is 3. The van der Waals surface area contributed by atoms with Gasteiger partial charge in [0.15, 0.2) is 0 Å². The van der Waals surface area contributed by atoms with Crippen LogP contribution in [0, 0.1) is 0 Å². The number of carbonyl (C=O) groups is 2. The predicted molar refractivity (Wildman–Crippen MR) is 96.0 cm³/mol. The standard InChI is InChI=1S/C18H21N3O2S/c1-12(17(22)21-18(23)20-14-8-2-3-9-14)24-15-10-4-6-13-7-5-11-19-16(13)15/h4-7,10-12,14H,2-3,8-9H2,1H3,(H2,20,21,22,23). The van der Waals surface area contributed by atoms with Crippen molar-refractivity contribution in [2.24, 2.45) is 0 Å². The normalized spacial score (nSPS) is 16.0. The largest absolute Gasteiger partial charge is 0.335 e. The second-order valence-corrected chi connectivity index (χ2v) is 7.42. The van der Waals surface area contributed by atoms with Gasteiger partial charge in [-0.1, -0.05) is 31.0 Å². The highest BCUT2D eigenvalue weighted by molar-refractivity contribution is 8.00. The van der Waals surface area contributed by atoms with E-state index in [1.54, 1.807) is 13.1 Å². The molecule has 1 atom stereocenters. The summed E-state index contributed by atoms with van der Waals surface area (Å²) in [7, 11) is 0. The van der Waals surface area contributed by atoms with E-state index in [1.807, 2.05) is 30.3 Å². The van der Waals surface area contributed by atoms with Crippen LogP contribution in [0.2, 0.25) is 0 Å². The summed E-state index contributed by atoms with van der Waals surface area (Å²) in [6.45, 7) is 1.80. The van der Waals surface area contributed by atoms with Crippen molar-refractivity contribution in [1.82, 2.24) is 15.6 Å². The van der Waals surface area contributed by atoms with Crippen LogP contribution in [0.25, 0.3) is 10.9 Å². The second kappa shape index (κ2) is 7.66. The van der Waals surface area contributed by atoms with Crippen LogP contribution in [-0.2, 0) is 4.79 Å².